The first-order chi connectivity index (χ1) is 14.2. The molecular weight excluding hydrogens is 392 g/mol. The molecule has 3 aromatic carbocycles. The Morgan fingerprint density at radius 2 is 1.76 bits per heavy atom. The normalized spacial score (nSPS) is 15.3. The summed E-state index contributed by atoms with van der Waals surface area (Å²) in [5.74, 6) is 2.54. The summed E-state index contributed by atoms with van der Waals surface area (Å²) in [6, 6.07) is 18.1. The van der Waals surface area contributed by atoms with Crippen LogP contribution in [0.2, 0.25) is 5.02 Å². The van der Waals surface area contributed by atoms with Gasteiger partial charge in [-0.15, -0.1) is 0 Å². The van der Waals surface area contributed by atoms with Gasteiger partial charge in [0.25, 0.3) is 0 Å². The van der Waals surface area contributed by atoms with Crippen LogP contribution in [0.5, 0.6) is 23.0 Å². The lowest BCUT2D eigenvalue weighted by molar-refractivity contribution is 0.101. The van der Waals surface area contributed by atoms with Gasteiger partial charge in [-0.05, 0) is 53.6 Å². The molecule has 3 aromatic rings. The van der Waals surface area contributed by atoms with E-state index in [-0.39, 0.29) is 18.3 Å². The number of Topliss-reactive ketones (excluding diaryl/α,β-unsaturated/α-hetero) is 1. The second kappa shape index (κ2) is 7.18. The minimum Gasteiger partial charge on any atom is -0.489 e. The fourth-order valence-corrected chi connectivity index (χ4v) is 3.28. The van der Waals surface area contributed by atoms with Gasteiger partial charge in [0.2, 0.25) is 12.6 Å². The van der Waals surface area contributed by atoms with Crippen molar-refractivity contribution in [3.8, 4) is 23.0 Å². The van der Waals surface area contributed by atoms with Crippen LogP contribution in [-0.2, 0) is 6.61 Å². The number of allylic oxidation sites excluding steroid dienone is 1. The molecule has 0 saturated heterocycles. The minimum atomic E-state index is -0.165. The third-order valence-electron chi connectivity index (χ3n) is 4.65. The van der Waals surface area contributed by atoms with Crippen LogP contribution in [-0.4, -0.2) is 12.6 Å². The van der Waals surface area contributed by atoms with E-state index < -0.39 is 0 Å². The van der Waals surface area contributed by atoms with Crippen molar-refractivity contribution in [3.63, 3.8) is 0 Å². The van der Waals surface area contributed by atoms with Crippen molar-refractivity contribution in [1.82, 2.24) is 0 Å². The molecule has 0 aromatic heterocycles. The van der Waals surface area contributed by atoms with E-state index in [1.807, 2.05) is 42.5 Å². The first kappa shape index (κ1) is 17.6. The quantitative estimate of drug-likeness (QED) is 0.553. The Bertz CT molecular complexity index is 1130. The van der Waals surface area contributed by atoms with Gasteiger partial charge in [0, 0.05) is 11.1 Å². The van der Waals surface area contributed by atoms with Gasteiger partial charge in [-0.2, -0.15) is 0 Å². The molecule has 0 aliphatic carbocycles. The molecule has 0 radical (unpaired) electrons. The van der Waals surface area contributed by atoms with Crippen LogP contribution < -0.4 is 18.9 Å². The molecule has 5 nitrogen and oxygen atoms in total. The van der Waals surface area contributed by atoms with Gasteiger partial charge in [0.05, 0.1) is 5.56 Å². The number of ketones is 1. The Hall–Kier alpha value is -3.44. The summed E-state index contributed by atoms with van der Waals surface area (Å²) in [5, 5.41) is 0.681. The van der Waals surface area contributed by atoms with Crippen molar-refractivity contribution >= 4 is 23.5 Å². The Kier molecular flexibility index (Phi) is 4.37. The first-order valence-electron chi connectivity index (χ1n) is 9.01. The van der Waals surface area contributed by atoms with E-state index in [0.717, 1.165) is 11.1 Å². The molecule has 29 heavy (non-hydrogen) atoms. The van der Waals surface area contributed by atoms with Crippen LogP contribution >= 0.6 is 11.6 Å². The third-order valence-corrected chi connectivity index (χ3v) is 4.91. The van der Waals surface area contributed by atoms with Crippen LogP contribution in [0, 0.1) is 0 Å². The molecule has 0 spiro atoms. The standard InChI is InChI=1S/C23H15ClO5/c24-16-4-1-14(2-5-16)12-26-17-6-7-18-20(11-17)29-22(23(18)25)10-15-3-8-19-21(9-15)28-13-27-19/h1-11H,12-13H2/b22-10-. The van der Waals surface area contributed by atoms with Gasteiger partial charge < -0.3 is 18.9 Å². The predicted octanol–water partition coefficient (Wildman–Crippen LogP) is 5.26. The largest absolute Gasteiger partial charge is 0.489 e. The maximum Gasteiger partial charge on any atom is 0.231 e. The van der Waals surface area contributed by atoms with Crippen molar-refractivity contribution in [2.24, 2.45) is 0 Å². The molecule has 144 valence electrons. The molecule has 2 aliphatic heterocycles. The summed E-state index contributed by atoms with van der Waals surface area (Å²) in [4.78, 5) is 12.7. The molecule has 2 aliphatic rings. The van der Waals surface area contributed by atoms with Crippen molar-refractivity contribution in [2.75, 3.05) is 6.79 Å². The van der Waals surface area contributed by atoms with Crippen molar-refractivity contribution in [3.05, 3.63) is 88.1 Å². The van der Waals surface area contributed by atoms with E-state index in [2.05, 4.69) is 0 Å². The number of carbonyl (C=O) groups excluding carboxylic acids is 1. The van der Waals surface area contributed by atoms with Gasteiger partial charge in [-0.3, -0.25) is 4.79 Å². The molecule has 0 atom stereocenters. The maximum atomic E-state index is 12.7. The fourth-order valence-electron chi connectivity index (χ4n) is 3.16. The topological polar surface area (TPSA) is 54.0 Å². The van der Waals surface area contributed by atoms with Crippen molar-refractivity contribution in [2.45, 2.75) is 6.61 Å². The van der Waals surface area contributed by atoms with E-state index in [1.165, 1.54) is 0 Å². The zero-order chi connectivity index (χ0) is 19.8. The van der Waals surface area contributed by atoms with Gasteiger partial charge in [-0.1, -0.05) is 29.8 Å². The zero-order valence-corrected chi connectivity index (χ0v) is 15.9. The summed E-state index contributed by atoms with van der Waals surface area (Å²) < 4.78 is 22.3. The Morgan fingerprint density at radius 3 is 2.62 bits per heavy atom. The SMILES string of the molecule is O=C1/C(=C/c2ccc3c(c2)OCO3)Oc2cc(OCc3ccc(Cl)cc3)ccc21. The highest BCUT2D eigenvalue weighted by Gasteiger charge is 2.28. The lowest BCUT2D eigenvalue weighted by atomic mass is 10.1. The molecule has 6 heteroatoms. The lowest BCUT2D eigenvalue weighted by Gasteiger charge is -2.07. The summed E-state index contributed by atoms with van der Waals surface area (Å²) >= 11 is 5.90. The smallest absolute Gasteiger partial charge is 0.231 e. The summed E-state index contributed by atoms with van der Waals surface area (Å²) in [5.41, 5.74) is 2.30. The fraction of sp³-hybridized carbons (Fsp3) is 0.0870. The van der Waals surface area contributed by atoms with E-state index in [4.69, 9.17) is 30.5 Å². The molecule has 2 heterocycles. The molecule has 0 amide bonds. The number of fused-ring (bicyclic) bond motifs is 2. The van der Waals surface area contributed by atoms with Crippen molar-refractivity contribution < 1.29 is 23.7 Å². The highest BCUT2D eigenvalue weighted by atomic mass is 35.5. The Labute approximate surface area is 172 Å². The molecule has 0 saturated carbocycles. The van der Waals surface area contributed by atoms with E-state index >= 15 is 0 Å². The van der Waals surface area contributed by atoms with E-state index in [0.29, 0.717) is 40.2 Å². The number of carbonyl (C=O) groups is 1. The monoisotopic (exact) mass is 406 g/mol. The lowest BCUT2D eigenvalue weighted by Crippen LogP contribution is -1.98. The number of rotatable bonds is 4. The van der Waals surface area contributed by atoms with E-state index in [1.54, 1.807) is 24.3 Å². The second-order valence-corrected chi connectivity index (χ2v) is 7.06. The van der Waals surface area contributed by atoms with Crippen LogP contribution in [0.25, 0.3) is 6.08 Å². The van der Waals surface area contributed by atoms with Gasteiger partial charge in [0.15, 0.2) is 17.3 Å². The molecule has 0 N–H and O–H groups in total. The molecule has 0 fully saturated rings. The van der Waals surface area contributed by atoms with Crippen LogP contribution in [0.1, 0.15) is 21.5 Å². The van der Waals surface area contributed by atoms with Gasteiger partial charge in [-0.25, -0.2) is 0 Å². The maximum absolute atomic E-state index is 12.7. The molecule has 0 bridgehead atoms. The Morgan fingerprint density at radius 1 is 0.931 bits per heavy atom. The highest BCUT2D eigenvalue weighted by molar-refractivity contribution is 6.30. The first-order valence-corrected chi connectivity index (χ1v) is 9.39. The van der Waals surface area contributed by atoms with Crippen LogP contribution in [0.3, 0.4) is 0 Å². The Balaban J connectivity index is 1.33. The molecule has 0 unspecified atom stereocenters. The third kappa shape index (κ3) is 3.52. The van der Waals surface area contributed by atoms with Crippen LogP contribution in [0.4, 0.5) is 0 Å². The number of benzene rings is 3. The highest BCUT2D eigenvalue weighted by Crippen LogP contribution is 2.37. The van der Waals surface area contributed by atoms with Crippen molar-refractivity contribution in [1.29, 1.82) is 0 Å². The molecular formula is C23H15ClO5. The summed E-state index contributed by atoms with van der Waals surface area (Å²) in [6.45, 7) is 0.596. The number of halogens is 1. The molecule has 5 rings (SSSR count). The average Bonchev–Trinajstić information content (AvgIpc) is 3.32. The zero-order valence-electron chi connectivity index (χ0n) is 15.2. The number of ether oxygens (including phenoxy) is 4. The van der Waals surface area contributed by atoms with Crippen LogP contribution in [0.15, 0.2) is 66.4 Å². The average molecular weight is 407 g/mol. The minimum absolute atomic E-state index is 0.165. The second-order valence-electron chi connectivity index (χ2n) is 6.63. The number of hydrogen-bond acceptors (Lipinski definition) is 5. The number of hydrogen-bond donors (Lipinski definition) is 0. The summed E-state index contributed by atoms with van der Waals surface area (Å²) in [7, 11) is 0. The van der Waals surface area contributed by atoms with Gasteiger partial charge in [0.1, 0.15) is 18.1 Å². The van der Waals surface area contributed by atoms with E-state index in [9.17, 15) is 4.79 Å². The predicted molar refractivity (Wildman–Crippen MR) is 108 cm³/mol. The van der Waals surface area contributed by atoms with Gasteiger partial charge >= 0.3 is 0 Å². The summed E-state index contributed by atoms with van der Waals surface area (Å²) in [6.07, 6.45) is 1.69.